The van der Waals surface area contributed by atoms with Gasteiger partial charge in [-0.05, 0) is 16.9 Å². The summed E-state index contributed by atoms with van der Waals surface area (Å²) < 4.78 is 1.44. The summed E-state index contributed by atoms with van der Waals surface area (Å²) in [6.45, 7) is 0. The van der Waals surface area contributed by atoms with E-state index in [-0.39, 0.29) is 5.95 Å². The molecular weight excluding hydrogens is 164 g/mol. The zero-order valence-electron chi connectivity index (χ0n) is 6.09. The van der Waals surface area contributed by atoms with Crippen LogP contribution in [0.5, 0.6) is 0 Å². The van der Waals surface area contributed by atoms with Crippen LogP contribution in [0.3, 0.4) is 0 Å². The van der Waals surface area contributed by atoms with Crippen LogP contribution < -0.4 is 0 Å². The number of hydrogen-bond acceptors (Lipinski definition) is 4. The Hall–Kier alpha value is -1.20. The Labute approximate surface area is 67.2 Å². The van der Waals surface area contributed by atoms with E-state index in [2.05, 4.69) is 20.1 Å². The van der Waals surface area contributed by atoms with Gasteiger partial charge in [0.25, 0.3) is 0 Å². The number of azide groups is 1. The van der Waals surface area contributed by atoms with E-state index in [1.54, 1.807) is 7.05 Å². The number of rotatable bonds is 2. The van der Waals surface area contributed by atoms with Crippen LogP contribution in [-0.2, 0) is 7.05 Å². The second-order valence-electron chi connectivity index (χ2n) is 1.71. The fraction of sp³-hybridized carbons (Fsp3) is 0.500. The quantitative estimate of drug-likeness (QED) is 0.292. The summed E-state index contributed by atoms with van der Waals surface area (Å²) >= 11 is 1.40. The molecule has 0 spiro atoms. The zero-order valence-corrected chi connectivity index (χ0v) is 6.91. The van der Waals surface area contributed by atoms with E-state index in [0.717, 1.165) is 0 Å². The minimum Gasteiger partial charge on any atom is -0.246 e. The normalized spacial score (nSPS) is 9.27. The van der Waals surface area contributed by atoms with E-state index >= 15 is 0 Å². The third kappa shape index (κ3) is 1.63. The van der Waals surface area contributed by atoms with Gasteiger partial charge in [-0.3, -0.25) is 0 Å². The number of aromatic nitrogens is 3. The number of aryl methyl sites for hydroxylation is 1. The Morgan fingerprint density at radius 2 is 2.45 bits per heavy atom. The summed E-state index contributed by atoms with van der Waals surface area (Å²) in [5, 5.41) is 7.89. The van der Waals surface area contributed by atoms with E-state index in [1.165, 1.54) is 16.4 Å². The largest absolute Gasteiger partial charge is 0.246 e. The van der Waals surface area contributed by atoms with E-state index in [4.69, 9.17) is 5.53 Å². The Kier molecular flexibility index (Phi) is 2.35. The molecule has 7 heteroatoms. The van der Waals surface area contributed by atoms with Crippen molar-refractivity contribution in [1.29, 1.82) is 0 Å². The third-order valence-corrected chi connectivity index (χ3v) is 1.58. The molecule has 1 aromatic rings. The molecule has 0 aliphatic rings. The van der Waals surface area contributed by atoms with Crippen LogP contribution in [0.2, 0.25) is 0 Å². The molecule has 0 saturated heterocycles. The number of thioether (sulfide) groups is 1. The highest BCUT2D eigenvalue weighted by atomic mass is 32.2. The highest BCUT2D eigenvalue weighted by Gasteiger charge is 2.01. The first kappa shape index (κ1) is 7.90. The standard InChI is InChI=1S/C4H6N6S/c1-10-3(7-9-5)6-4(8-10)11-2/h1-2H3. The predicted molar refractivity (Wildman–Crippen MR) is 41.6 cm³/mol. The first-order chi connectivity index (χ1) is 5.27. The maximum absolute atomic E-state index is 8.10. The molecule has 1 aromatic heterocycles. The first-order valence-corrected chi connectivity index (χ1v) is 4.00. The summed E-state index contributed by atoms with van der Waals surface area (Å²) in [7, 11) is 1.68. The molecule has 58 valence electrons. The van der Waals surface area contributed by atoms with E-state index in [9.17, 15) is 0 Å². The Balaban J connectivity index is 3.06. The SMILES string of the molecule is CSc1nc(N=[N+]=[N-])n(C)n1. The maximum Gasteiger partial charge on any atom is 0.215 e. The van der Waals surface area contributed by atoms with Crippen molar-refractivity contribution >= 4 is 17.7 Å². The van der Waals surface area contributed by atoms with Crippen LogP contribution in [-0.4, -0.2) is 21.0 Å². The molecule has 0 amide bonds. The first-order valence-electron chi connectivity index (χ1n) is 2.78. The monoisotopic (exact) mass is 170 g/mol. The fourth-order valence-electron chi connectivity index (χ4n) is 0.567. The molecule has 0 aliphatic heterocycles. The van der Waals surface area contributed by atoms with Gasteiger partial charge in [-0.25, -0.2) is 4.68 Å². The molecule has 1 rings (SSSR count). The third-order valence-electron chi connectivity index (χ3n) is 1.04. The van der Waals surface area contributed by atoms with Crippen molar-refractivity contribution in [2.45, 2.75) is 5.16 Å². The number of hydrogen-bond donors (Lipinski definition) is 0. The lowest BCUT2D eigenvalue weighted by atomic mass is 11.0. The van der Waals surface area contributed by atoms with Crippen molar-refractivity contribution in [2.75, 3.05) is 6.26 Å². The maximum atomic E-state index is 8.10. The van der Waals surface area contributed by atoms with Crippen molar-refractivity contribution in [1.82, 2.24) is 14.8 Å². The lowest BCUT2D eigenvalue weighted by molar-refractivity contribution is 0.740. The van der Waals surface area contributed by atoms with Crippen LogP contribution in [0.4, 0.5) is 5.95 Å². The van der Waals surface area contributed by atoms with E-state index in [1.807, 2.05) is 6.26 Å². The molecule has 0 bridgehead atoms. The lowest BCUT2D eigenvalue weighted by Crippen LogP contribution is -1.88. The van der Waals surface area contributed by atoms with Crippen LogP contribution in [0.15, 0.2) is 10.3 Å². The average Bonchev–Trinajstić information content (AvgIpc) is 2.33. The van der Waals surface area contributed by atoms with Crippen LogP contribution in [0, 0.1) is 0 Å². The summed E-state index contributed by atoms with van der Waals surface area (Å²) in [5.74, 6) is 0.289. The minimum atomic E-state index is 0.289. The van der Waals surface area contributed by atoms with Gasteiger partial charge in [-0.1, -0.05) is 11.8 Å². The fourth-order valence-corrected chi connectivity index (χ4v) is 0.944. The molecule has 1 heterocycles. The molecule has 0 atom stereocenters. The van der Waals surface area contributed by atoms with Gasteiger partial charge in [0, 0.05) is 12.0 Å². The van der Waals surface area contributed by atoms with E-state index < -0.39 is 0 Å². The second-order valence-corrected chi connectivity index (χ2v) is 2.48. The van der Waals surface area contributed by atoms with Gasteiger partial charge in [0.15, 0.2) is 0 Å². The summed E-state index contributed by atoms with van der Waals surface area (Å²) in [6, 6.07) is 0. The van der Waals surface area contributed by atoms with Gasteiger partial charge in [-0.15, -0.1) is 5.10 Å². The van der Waals surface area contributed by atoms with E-state index in [0.29, 0.717) is 5.16 Å². The van der Waals surface area contributed by atoms with Crippen molar-refractivity contribution in [2.24, 2.45) is 12.2 Å². The van der Waals surface area contributed by atoms with Crippen molar-refractivity contribution < 1.29 is 0 Å². The van der Waals surface area contributed by atoms with Gasteiger partial charge in [0.05, 0.1) is 0 Å². The van der Waals surface area contributed by atoms with Gasteiger partial charge < -0.3 is 0 Å². The van der Waals surface area contributed by atoms with Gasteiger partial charge in [0.1, 0.15) is 0 Å². The molecule has 6 nitrogen and oxygen atoms in total. The molecular formula is C4H6N6S. The second kappa shape index (κ2) is 3.27. The molecule has 0 unspecified atom stereocenters. The van der Waals surface area contributed by atoms with Crippen molar-refractivity contribution in [3.05, 3.63) is 10.4 Å². The molecule has 0 fully saturated rings. The van der Waals surface area contributed by atoms with Crippen molar-refractivity contribution in [3.63, 3.8) is 0 Å². The smallest absolute Gasteiger partial charge is 0.215 e. The minimum absolute atomic E-state index is 0.289. The topological polar surface area (TPSA) is 79.5 Å². The molecule has 0 saturated carbocycles. The molecule has 11 heavy (non-hydrogen) atoms. The van der Waals surface area contributed by atoms with Crippen LogP contribution in [0.25, 0.3) is 10.4 Å². The molecule has 0 aliphatic carbocycles. The predicted octanol–water partition coefficient (Wildman–Crippen LogP) is 1.48. The summed E-state index contributed by atoms with van der Waals surface area (Å²) in [5.41, 5.74) is 8.10. The van der Waals surface area contributed by atoms with Crippen LogP contribution >= 0.6 is 11.8 Å². The molecule has 0 N–H and O–H groups in total. The molecule has 0 aromatic carbocycles. The van der Waals surface area contributed by atoms with Gasteiger partial charge in [-0.2, -0.15) is 4.98 Å². The van der Waals surface area contributed by atoms with Crippen LogP contribution in [0.1, 0.15) is 0 Å². The lowest BCUT2D eigenvalue weighted by Gasteiger charge is -1.85. The number of nitrogens with zero attached hydrogens (tertiary/aromatic N) is 6. The Morgan fingerprint density at radius 1 is 1.73 bits per heavy atom. The zero-order chi connectivity index (χ0) is 8.27. The highest BCUT2D eigenvalue weighted by Crippen LogP contribution is 2.13. The van der Waals surface area contributed by atoms with Gasteiger partial charge in [0.2, 0.25) is 11.1 Å². The van der Waals surface area contributed by atoms with Crippen molar-refractivity contribution in [3.8, 4) is 0 Å². The Bertz CT molecular complexity index is 298. The summed E-state index contributed by atoms with van der Waals surface area (Å²) in [6.07, 6.45) is 1.86. The van der Waals surface area contributed by atoms with Gasteiger partial charge >= 0.3 is 0 Å². The average molecular weight is 170 g/mol. The Morgan fingerprint density at radius 3 is 2.91 bits per heavy atom. The molecule has 0 radical (unpaired) electrons. The summed E-state index contributed by atoms with van der Waals surface area (Å²) in [4.78, 5) is 6.52. The highest BCUT2D eigenvalue weighted by molar-refractivity contribution is 7.98.